The van der Waals surface area contributed by atoms with Crippen LogP contribution in [0.3, 0.4) is 0 Å². The molecule has 0 saturated carbocycles. The summed E-state index contributed by atoms with van der Waals surface area (Å²) >= 11 is 11.3. The normalized spacial score (nSPS) is 10.5. The fourth-order valence-corrected chi connectivity index (χ4v) is 1.91. The van der Waals surface area contributed by atoms with Crippen LogP contribution in [0.1, 0.15) is 0 Å². The minimum atomic E-state index is -0.0496. The van der Waals surface area contributed by atoms with E-state index in [9.17, 15) is 4.79 Å². The van der Waals surface area contributed by atoms with Crippen molar-refractivity contribution in [2.75, 3.05) is 36.7 Å². The van der Waals surface area contributed by atoms with Crippen molar-refractivity contribution in [2.45, 2.75) is 0 Å². The Kier molecular flexibility index (Phi) is 7.01. The highest BCUT2D eigenvalue weighted by Gasteiger charge is 2.09. The average molecular weight is 275 g/mol. The van der Waals surface area contributed by atoms with Crippen molar-refractivity contribution in [1.82, 2.24) is 4.90 Å². The minimum absolute atomic E-state index is 0.0496. The van der Waals surface area contributed by atoms with Gasteiger partial charge in [0, 0.05) is 30.5 Å². The van der Waals surface area contributed by atoms with Gasteiger partial charge >= 0.3 is 0 Å². The van der Waals surface area contributed by atoms with E-state index in [1.165, 1.54) is 0 Å². The minimum Gasteiger partial charge on any atom is -0.325 e. The van der Waals surface area contributed by atoms with Crippen molar-refractivity contribution < 1.29 is 4.79 Å². The molecule has 17 heavy (non-hydrogen) atoms. The van der Waals surface area contributed by atoms with Crippen molar-refractivity contribution in [3.05, 3.63) is 30.3 Å². The first-order valence-electron chi connectivity index (χ1n) is 5.45. The number of para-hydroxylation sites is 1. The zero-order chi connectivity index (χ0) is 12.5. The molecule has 0 heterocycles. The third kappa shape index (κ3) is 5.91. The highest BCUT2D eigenvalue weighted by Crippen LogP contribution is 2.05. The number of nitrogens with zero attached hydrogens (tertiary/aromatic N) is 1. The zero-order valence-corrected chi connectivity index (χ0v) is 11.0. The van der Waals surface area contributed by atoms with Crippen LogP contribution in [0.4, 0.5) is 5.69 Å². The molecule has 0 aromatic heterocycles. The van der Waals surface area contributed by atoms with Gasteiger partial charge in [-0.05, 0) is 12.1 Å². The summed E-state index contributed by atoms with van der Waals surface area (Å²) in [7, 11) is 0. The summed E-state index contributed by atoms with van der Waals surface area (Å²) in [6.07, 6.45) is 0. The quantitative estimate of drug-likeness (QED) is 0.775. The molecule has 94 valence electrons. The standard InChI is InChI=1S/C12H16Cl2N2O/c13-6-8-16(9-7-14)10-12(17)15-11-4-2-1-3-5-11/h1-5H,6-10H2,(H,15,17). The van der Waals surface area contributed by atoms with Gasteiger partial charge in [-0.3, -0.25) is 9.69 Å². The second kappa shape index (κ2) is 8.34. The van der Waals surface area contributed by atoms with E-state index in [2.05, 4.69) is 5.32 Å². The van der Waals surface area contributed by atoms with Crippen LogP contribution < -0.4 is 5.32 Å². The maximum atomic E-state index is 11.7. The lowest BCUT2D eigenvalue weighted by Gasteiger charge is -2.19. The van der Waals surface area contributed by atoms with E-state index in [1.807, 2.05) is 35.2 Å². The highest BCUT2D eigenvalue weighted by atomic mass is 35.5. The highest BCUT2D eigenvalue weighted by molar-refractivity contribution is 6.18. The molecule has 5 heteroatoms. The van der Waals surface area contributed by atoms with E-state index in [4.69, 9.17) is 23.2 Å². The Balaban J connectivity index is 2.42. The number of benzene rings is 1. The van der Waals surface area contributed by atoms with Crippen LogP contribution in [0, 0.1) is 0 Å². The Morgan fingerprint density at radius 1 is 1.12 bits per heavy atom. The van der Waals surface area contributed by atoms with Gasteiger partial charge in [0.25, 0.3) is 0 Å². The van der Waals surface area contributed by atoms with Crippen molar-refractivity contribution in [3.8, 4) is 0 Å². The number of carbonyl (C=O) groups is 1. The number of nitrogens with one attached hydrogen (secondary N) is 1. The molecule has 0 saturated heterocycles. The first-order chi connectivity index (χ1) is 8.26. The summed E-state index contributed by atoms with van der Waals surface area (Å²) in [5, 5.41) is 2.82. The van der Waals surface area contributed by atoms with E-state index in [0.29, 0.717) is 31.4 Å². The van der Waals surface area contributed by atoms with Crippen LogP contribution in [-0.2, 0) is 4.79 Å². The van der Waals surface area contributed by atoms with Gasteiger partial charge in [0.15, 0.2) is 0 Å². The molecule has 1 amide bonds. The molecule has 0 bridgehead atoms. The summed E-state index contributed by atoms with van der Waals surface area (Å²) in [6.45, 7) is 1.64. The predicted octanol–water partition coefficient (Wildman–Crippen LogP) is 2.40. The summed E-state index contributed by atoms with van der Waals surface area (Å²) < 4.78 is 0. The largest absolute Gasteiger partial charge is 0.325 e. The number of carbonyl (C=O) groups excluding carboxylic acids is 1. The Bertz CT molecular complexity index is 327. The second-order valence-electron chi connectivity index (χ2n) is 3.57. The SMILES string of the molecule is O=C(CN(CCCl)CCCl)Nc1ccccc1. The molecule has 0 unspecified atom stereocenters. The smallest absolute Gasteiger partial charge is 0.238 e. The monoisotopic (exact) mass is 274 g/mol. The van der Waals surface area contributed by atoms with Gasteiger partial charge in [0.05, 0.1) is 6.54 Å². The molecule has 0 aliphatic carbocycles. The number of alkyl halides is 2. The van der Waals surface area contributed by atoms with E-state index < -0.39 is 0 Å². The van der Waals surface area contributed by atoms with Crippen molar-refractivity contribution in [3.63, 3.8) is 0 Å². The number of anilines is 1. The topological polar surface area (TPSA) is 32.3 Å². The van der Waals surface area contributed by atoms with Crippen LogP contribution in [0.2, 0.25) is 0 Å². The van der Waals surface area contributed by atoms with Crippen molar-refractivity contribution >= 4 is 34.8 Å². The van der Waals surface area contributed by atoms with Gasteiger partial charge in [0.2, 0.25) is 5.91 Å². The van der Waals surface area contributed by atoms with Crippen molar-refractivity contribution in [1.29, 1.82) is 0 Å². The fraction of sp³-hybridized carbons (Fsp3) is 0.417. The molecule has 0 spiro atoms. The van der Waals surface area contributed by atoms with Crippen LogP contribution >= 0.6 is 23.2 Å². The number of hydrogen-bond donors (Lipinski definition) is 1. The molecule has 0 radical (unpaired) electrons. The Hall–Kier alpha value is -0.770. The van der Waals surface area contributed by atoms with E-state index >= 15 is 0 Å². The number of hydrogen-bond acceptors (Lipinski definition) is 2. The van der Waals surface area contributed by atoms with Gasteiger partial charge in [-0.2, -0.15) is 0 Å². The molecule has 0 aliphatic rings. The molecule has 1 N–H and O–H groups in total. The molecular formula is C12H16Cl2N2O. The Morgan fingerprint density at radius 3 is 2.24 bits per heavy atom. The summed E-state index contributed by atoms with van der Waals surface area (Å²) in [6, 6.07) is 9.37. The molecule has 1 rings (SSSR count). The number of amides is 1. The van der Waals surface area contributed by atoms with Gasteiger partial charge in [-0.15, -0.1) is 23.2 Å². The number of halogens is 2. The average Bonchev–Trinajstić information content (AvgIpc) is 2.30. The molecule has 3 nitrogen and oxygen atoms in total. The lowest BCUT2D eigenvalue weighted by Crippen LogP contribution is -2.35. The van der Waals surface area contributed by atoms with Crippen LogP contribution in [0.15, 0.2) is 30.3 Å². The predicted molar refractivity (Wildman–Crippen MR) is 73.0 cm³/mol. The third-order valence-electron chi connectivity index (χ3n) is 2.23. The molecule has 0 atom stereocenters. The van der Waals surface area contributed by atoms with Crippen LogP contribution in [0.5, 0.6) is 0 Å². The Morgan fingerprint density at radius 2 is 1.71 bits per heavy atom. The zero-order valence-electron chi connectivity index (χ0n) is 9.53. The van der Waals surface area contributed by atoms with Gasteiger partial charge < -0.3 is 5.32 Å². The maximum absolute atomic E-state index is 11.7. The summed E-state index contributed by atoms with van der Waals surface area (Å²) in [5.41, 5.74) is 0.800. The molecule has 0 aliphatic heterocycles. The molecular weight excluding hydrogens is 259 g/mol. The Labute approximate surface area is 112 Å². The second-order valence-corrected chi connectivity index (χ2v) is 4.32. The molecule has 1 aromatic rings. The summed E-state index contributed by atoms with van der Waals surface area (Å²) in [4.78, 5) is 13.7. The maximum Gasteiger partial charge on any atom is 0.238 e. The van der Waals surface area contributed by atoms with Crippen molar-refractivity contribution in [2.24, 2.45) is 0 Å². The lowest BCUT2D eigenvalue weighted by atomic mass is 10.3. The summed E-state index contributed by atoms with van der Waals surface area (Å²) in [5.74, 6) is 0.941. The molecule has 1 aromatic carbocycles. The van der Waals surface area contributed by atoms with Gasteiger partial charge in [-0.1, -0.05) is 18.2 Å². The van der Waals surface area contributed by atoms with Crippen LogP contribution in [-0.4, -0.2) is 42.2 Å². The first-order valence-corrected chi connectivity index (χ1v) is 6.52. The number of rotatable bonds is 7. The lowest BCUT2D eigenvalue weighted by molar-refractivity contribution is -0.117. The fourth-order valence-electron chi connectivity index (χ4n) is 1.43. The van der Waals surface area contributed by atoms with Gasteiger partial charge in [-0.25, -0.2) is 0 Å². The van der Waals surface area contributed by atoms with E-state index in [-0.39, 0.29) is 5.91 Å². The molecule has 0 fully saturated rings. The van der Waals surface area contributed by atoms with Gasteiger partial charge in [0.1, 0.15) is 0 Å². The van der Waals surface area contributed by atoms with E-state index in [0.717, 1.165) is 5.69 Å². The van der Waals surface area contributed by atoms with Crippen LogP contribution in [0.25, 0.3) is 0 Å². The van der Waals surface area contributed by atoms with E-state index in [1.54, 1.807) is 0 Å². The third-order valence-corrected chi connectivity index (χ3v) is 2.56. The first kappa shape index (κ1) is 14.3.